The van der Waals surface area contributed by atoms with Gasteiger partial charge in [-0.15, -0.1) is 11.3 Å². The normalized spacial score (nSPS) is 21.3. The number of rotatable bonds is 2. The van der Waals surface area contributed by atoms with E-state index in [2.05, 4.69) is 40.4 Å². The molecule has 1 N–H and O–H groups in total. The van der Waals surface area contributed by atoms with Crippen molar-refractivity contribution < 1.29 is 4.52 Å². The molecule has 0 saturated carbocycles. The molecule has 6 heteroatoms. The van der Waals surface area contributed by atoms with Crippen LogP contribution < -0.4 is 5.32 Å². The summed E-state index contributed by atoms with van der Waals surface area (Å²) in [5.41, 5.74) is 0. The molecular formula is C12H16N4OS. The third-order valence-corrected chi connectivity index (χ3v) is 4.08. The molecule has 1 fully saturated rings. The van der Waals surface area contributed by atoms with Crippen LogP contribution in [0.4, 0.5) is 0 Å². The Hall–Kier alpha value is -1.24. The minimum atomic E-state index is 0.144. The number of hydrogen-bond acceptors (Lipinski definition) is 6. The Morgan fingerprint density at radius 3 is 3.11 bits per heavy atom. The molecule has 0 aliphatic carbocycles. The number of thiophene rings is 1. The van der Waals surface area contributed by atoms with E-state index in [1.165, 1.54) is 4.88 Å². The fourth-order valence-electron chi connectivity index (χ4n) is 2.09. The molecular weight excluding hydrogens is 248 g/mol. The van der Waals surface area contributed by atoms with Gasteiger partial charge in [-0.3, -0.25) is 0 Å². The van der Waals surface area contributed by atoms with Crippen molar-refractivity contribution in [3.05, 3.63) is 22.9 Å². The summed E-state index contributed by atoms with van der Waals surface area (Å²) in [5.74, 6) is 1.38. The molecule has 1 atom stereocenters. The van der Waals surface area contributed by atoms with Crippen molar-refractivity contribution in [3.63, 3.8) is 0 Å². The first-order chi connectivity index (χ1) is 8.72. The number of nitrogens with zero attached hydrogens (tertiary/aromatic N) is 3. The molecule has 0 spiro atoms. The van der Waals surface area contributed by atoms with E-state index < -0.39 is 0 Å². The van der Waals surface area contributed by atoms with Crippen LogP contribution in [0.15, 0.2) is 16.7 Å². The van der Waals surface area contributed by atoms with Crippen LogP contribution in [0.3, 0.4) is 0 Å². The molecule has 0 bridgehead atoms. The lowest BCUT2D eigenvalue weighted by Crippen LogP contribution is -2.43. The van der Waals surface area contributed by atoms with Gasteiger partial charge in [-0.1, -0.05) is 5.16 Å². The van der Waals surface area contributed by atoms with Gasteiger partial charge in [0.2, 0.25) is 11.7 Å². The van der Waals surface area contributed by atoms with E-state index in [1.54, 1.807) is 11.3 Å². The van der Waals surface area contributed by atoms with Crippen molar-refractivity contribution in [1.82, 2.24) is 20.4 Å². The van der Waals surface area contributed by atoms with Gasteiger partial charge in [-0.25, -0.2) is 0 Å². The SMILES string of the molecule is Cc1ccc(-c2noc(C3CN(C)CCN3)n2)s1. The quantitative estimate of drug-likeness (QED) is 0.894. The highest BCUT2D eigenvalue weighted by molar-refractivity contribution is 7.15. The molecule has 1 aliphatic rings. The Morgan fingerprint density at radius 1 is 1.50 bits per heavy atom. The molecule has 1 unspecified atom stereocenters. The zero-order valence-electron chi connectivity index (χ0n) is 10.5. The summed E-state index contributed by atoms with van der Waals surface area (Å²) in [5, 5.41) is 7.47. The molecule has 1 aliphatic heterocycles. The van der Waals surface area contributed by atoms with Gasteiger partial charge in [0.05, 0.1) is 4.88 Å². The molecule has 3 rings (SSSR count). The van der Waals surface area contributed by atoms with Gasteiger partial charge in [0.1, 0.15) is 6.04 Å². The lowest BCUT2D eigenvalue weighted by Gasteiger charge is -2.28. The summed E-state index contributed by atoms with van der Waals surface area (Å²) in [6, 6.07) is 4.25. The number of likely N-dealkylation sites (N-methyl/N-ethyl adjacent to an activating group) is 1. The molecule has 18 heavy (non-hydrogen) atoms. The maximum Gasteiger partial charge on any atom is 0.245 e. The third kappa shape index (κ3) is 2.31. The lowest BCUT2D eigenvalue weighted by molar-refractivity contribution is 0.208. The van der Waals surface area contributed by atoms with Crippen LogP contribution in [-0.4, -0.2) is 41.7 Å². The lowest BCUT2D eigenvalue weighted by atomic mass is 10.2. The first-order valence-corrected chi connectivity index (χ1v) is 6.86. The smallest absolute Gasteiger partial charge is 0.245 e. The Balaban J connectivity index is 1.80. The number of nitrogens with one attached hydrogen (secondary N) is 1. The van der Waals surface area contributed by atoms with Crippen LogP contribution in [-0.2, 0) is 0 Å². The maximum atomic E-state index is 5.37. The highest BCUT2D eigenvalue weighted by Gasteiger charge is 2.24. The Kier molecular flexibility index (Phi) is 3.15. The van der Waals surface area contributed by atoms with Crippen LogP contribution in [0.5, 0.6) is 0 Å². The van der Waals surface area contributed by atoms with Crippen molar-refractivity contribution in [2.75, 3.05) is 26.7 Å². The van der Waals surface area contributed by atoms with E-state index in [4.69, 9.17) is 4.52 Å². The highest BCUT2D eigenvalue weighted by atomic mass is 32.1. The summed E-state index contributed by atoms with van der Waals surface area (Å²) < 4.78 is 5.37. The molecule has 3 heterocycles. The second-order valence-corrected chi connectivity index (χ2v) is 5.92. The molecule has 0 aromatic carbocycles. The summed E-state index contributed by atoms with van der Waals surface area (Å²) in [6.07, 6.45) is 0. The second kappa shape index (κ2) is 4.79. The van der Waals surface area contributed by atoms with Gasteiger partial charge in [0.15, 0.2) is 0 Å². The van der Waals surface area contributed by atoms with E-state index in [0.29, 0.717) is 11.7 Å². The van der Waals surface area contributed by atoms with Crippen LogP contribution in [0.1, 0.15) is 16.8 Å². The predicted molar refractivity (Wildman–Crippen MR) is 70.6 cm³/mol. The Labute approximate surface area is 110 Å². The Morgan fingerprint density at radius 2 is 2.39 bits per heavy atom. The van der Waals surface area contributed by atoms with E-state index >= 15 is 0 Å². The van der Waals surface area contributed by atoms with Gasteiger partial charge >= 0.3 is 0 Å². The molecule has 1 saturated heterocycles. The minimum Gasteiger partial charge on any atom is -0.337 e. The zero-order chi connectivity index (χ0) is 12.5. The monoisotopic (exact) mass is 264 g/mol. The van der Waals surface area contributed by atoms with Gasteiger partial charge in [0, 0.05) is 24.5 Å². The number of hydrogen-bond donors (Lipinski definition) is 1. The maximum absolute atomic E-state index is 5.37. The van der Waals surface area contributed by atoms with Crippen molar-refractivity contribution in [3.8, 4) is 10.7 Å². The second-order valence-electron chi connectivity index (χ2n) is 4.64. The number of piperazine rings is 1. The average Bonchev–Trinajstić information content (AvgIpc) is 2.97. The summed E-state index contributed by atoms with van der Waals surface area (Å²) in [4.78, 5) is 9.08. The highest BCUT2D eigenvalue weighted by Crippen LogP contribution is 2.26. The van der Waals surface area contributed by atoms with Crippen molar-refractivity contribution in [2.45, 2.75) is 13.0 Å². The topological polar surface area (TPSA) is 54.2 Å². The molecule has 96 valence electrons. The van der Waals surface area contributed by atoms with Gasteiger partial charge < -0.3 is 14.7 Å². The molecule has 2 aromatic heterocycles. The van der Waals surface area contributed by atoms with Crippen molar-refractivity contribution in [2.24, 2.45) is 0 Å². The Bertz CT molecular complexity index is 536. The molecule has 0 amide bonds. The first kappa shape index (κ1) is 11.8. The van der Waals surface area contributed by atoms with E-state index in [1.807, 2.05) is 6.07 Å². The average molecular weight is 264 g/mol. The van der Waals surface area contributed by atoms with E-state index in [0.717, 1.165) is 24.5 Å². The van der Waals surface area contributed by atoms with E-state index in [9.17, 15) is 0 Å². The largest absolute Gasteiger partial charge is 0.337 e. The fourth-order valence-corrected chi connectivity index (χ4v) is 2.89. The summed E-state index contributed by atoms with van der Waals surface area (Å²) >= 11 is 1.69. The number of aryl methyl sites for hydroxylation is 1. The first-order valence-electron chi connectivity index (χ1n) is 6.05. The van der Waals surface area contributed by atoms with Gasteiger partial charge in [0.25, 0.3) is 0 Å². The predicted octanol–water partition coefficient (Wildman–Crippen LogP) is 1.68. The molecule has 5 nitrogen and oxygen atoms in total. The van der Waals surface area contributed by atoms with Crippen molar-refractivity contribution >= 4 is 11.3 Å². The molecule has 0 radical (unpaired) electrons. The van der Waals surface area contributed by atoms with Crippen LogP contribution in [0.2, 0.25) is 0 Å². The summed E-state index contributed by atoms with van der Waals surface area (Å²) in [7, 11) is 2.10. The zero-order valence-corrected chi connectivity index (χ0v) is 11.3. The standard InChI is InChI=1S/C12H16N4OS/c1-8-3-4-10(18-8)11-14-12(17-15-11)9-7-16(2)6-5-13-9/h3-4,9,13H,5-7H2,1-2H3. The van der Waals surface area contributed by atoms with Crippen molar-refractivity contribution in [1.29, 1.82) is 0 Å². The molecule has 2 aromatic rings. The van der Waals surface area contributed by atoms with E-state index in [-0.39, 0.29) is 6.04 Å². The fraction of sp³-hybridized carbons (Fsp3) is 0.500. The third-order valence-electron chi connectivity index (χ3n) is 3.08. The number of aromatic nitrogens is 2. The van der Waals surface area contributed by atoms with Gasteiger partial charge in [-0.05, 0) is 26.1 Å². The van der Waals surface area contributed by atoms with Gasteiger partial charge in [-0.2, -0.15) is 4.98 Å². The summed E-state index contributed by atoms with van der Waals surface area (Å²) in [6.45, 7) is 5.00. The van der Waals surface area contributed by atoms with Crippen LogP contribution in [0.25, 0.3) is 10.7 Å². The van der Waals surface area contributed by atoms with Crippen LogP contribution in [0, 0.1) is 6.92 Å². The van der Waals surface area contributed by atoms with Crippen LogP contribution >= 0.6 is 11.3 Å². The minimum absolute atomic E-state index is 0.144.